The SMILES string of the molecule is CC(C)Cc1ccc(C(C)C(=O)O)cc1.CCCCCCCCCCCCCCCCCC(=O)O. The number of carbonyl (C=O) groups is 2. The van der Waals surface area contributed by atoms with Gasteiger partial charge in [0.15, 0.2) is 0 Å². The van der Waals surface area contributed by atoms with Crippen molar-refractivity contribution in [3.8, 4) is 0 Å². The number of rotatable bonds is 20. The Labute approximate surface area is 215 Å². The van der Waals surface area contributed by atoms with Crippen LogP contribution >= 0.6 is 0 Å². The topological polar surface area (TPSA) is 74.6 Å². The second-order valence-corrected chi connectivity index (χ2v) is 10.5. The van der Waals surface area contributed by atoms with E-state index in [2.05, 4.69) is 20.8 Å². The number of carboxylic acid groups (broad SMARTS) is 2. The van der Waals surface area contributed by atoms with Crippen molar-refractivity contribution in [3.63, 3.8) is 0 Å². The van der Waals surface area contributed by atoms with E-state index in [0.29, 0.717) is 12.3 Å². The van der Waals surface area contributed by atoms with Crippen molar-refractivity contribution in [3.05, 3.63) is 35.4 Å². The highest BCUT2D eigenvalue weighted by atomic mass is 16.4. The molecule has 0 saturated heterocycles. The van der Waals surface area contributed by atoms with Crippen molar-refractivity contribution in [1.82, 2.24) is 0 Å². The van der Waals surface area contributed by atoms with Gasteiger partial charge >= 0.3 is 11.9 Å². The number of unbranched alkanes of at least 4 members (excludes halogenated alkanes) is 14. The van der Waals surface area contributed by atoms with Crippen LogP contribution in [-0.2, 0) is 16.0 Å². The van der Waals surface area contributed by atoms with Crippen LogP contribution in [0, 0.1) is 5.92 Å². The first kappa shape index (κ1) is 33.2. The summed E-state index contributed by atoms with van der Waals surface area (Å²) in [5.74, 6) is -1.21. The van der Waals surface area contributed by atoms with Gasteiger partial charge in [-0.3, -0.25) is 9.59 Å². The van der Waals surface area contributed by atoms with E-state index >= 15 is 0 Å². The number of hydrogen-bond acceptors (Lipinski definition) is 2. The second kappa shape index (κ2) is 22.6. The van der Waals surface area contributed by atoms with Crippen LogP contribution in [0.4, 0.5) is 0 Å². The van der Waals surface area contributed by atoms with Crippen LogP contribution in [0.2, 0.25) is 0 Å². The predicted molar refractivity (Wildman–Crippen MR) is 148 cm³/mol. The van der Waals surface area contributed by atoms with Gasteiger partial charge in [0.25, 0.3) is 0 Å². The van der Waals surface area contributed by atoms with Crippen molar-refractivity contribution in [1.29, 1.82) is 0 Å². The summed E-state index contributed by atoms with van der Waals surface area (Å²) < 4.78 is 0. The maximum absolute atomic E-state index is 10.8. The number of hydrogen-bond donors (Lipinski definition) is 2. The third-order valence-corrected chi connectivity index (χ3v) is 6.49. The molecule has 0 saturated carbocycles. The number of benzene rings is 1. The summed E-state index contributed by atoms with van der Waals surface area (Å²) in [6.07, 6.45) is 21.2. The molecule has 202 valence electrons. The van der Waals surface area contributed by atoms with E-state index in [-0.39, 0.29) is 0 Å². The summed E-state index contributed by atoms with van der Waals surface area (Å²) in [6, 6.07) is 7.87. The van der Waals surface area contributed by atoms with Gasteiger partial charge in [-0.05, 0) is 36.8 Å². The van der Waals surface area contributed by atoms with Crippen LogP contribution in [0.3, 0.4) is 0 Å². The Morgan fingerprint density at radius 1 is 0.657 bits per heavy atom. The molecule has 4 heteroatoms. The van der Waals surface area contributed by atoms with Crippen LogP contribution in [0.1, 0.15) is 147 Å². The third-order valence-electron chi connectivity index (χ3n) is 6.49. The van der Waals surface area contributed by atoms with Gasteiger partial charge < -0.3 is 10.2 Å². The Hall–Kier alpha value is -1.84. The largest absolute Gasteiger partial charge is 0.481 e. The fourth-order valence-electron chi connectivity index (χ4n) is 4.20. The Bertz CT molecular complexity index is 636. The Balaban J connectivity index is 0.000000686. The molecular weight excluding hydrogens is 436 g/mol. The molecule has 35 heavy (non-hydrogen) atoms. The molecule has 0 bridgehead atoms. The summed E-state index contributed by atoms with van der Waals surface area (Å²) in [5, 5.41) is 17.4. The van der Waals surface area contributed by atoms with Crippen molar-refractivity contribution in [2.45, 2.75) is 143 Å². The fourth-order valence-corrected chi connectivity index (χ4v) is 4.20. The van der Waals surface area contributed by atoms with Crippen molar-refractivity contribution in [2.24, 2.45) is 5.92 Å². The van der Waals surface area contributed by atoms with Crippen LogP contribution in [0.5, 0.6) is 0 Å². The smallest absolute Gasteiger partial charge is 0.310 e. The average Bonchev–Trinajstić information content (AvgIpc) is 2.81. The van der Waals surface area contributed by atoms with Gasteiger partial charge in [0.2, 0.25) is 0 Å². The Kier molecular flexibility index (Phi) is 21.4. The minimum Gasteiger partial charge on any atom is -0.481 e. The molecule has 1 unspecified atom stereocenters. The van der Waals surface area contributed by atoms with Gasteiger partial charge in [-0.2, -0.15) is 0 Å². The first-order chi connectivity index (χ1) is 16.8. The highest BCUT2D eigenvalue weighted by Crippen LogP contribution is 2.17. The standard InChI is InChI=1S/C18H36O2.C13H18O2/c1-2-3-4-5-6-7-8-9-10-11-12-13-14-15-16-17-18(19)20;1-9(2)8-11-4-6-12(7-5-11)10(3)13(14)15/h2-17H2,1H3,(H,19,20);4-7,9-10H,8H2,1-3H3,(H,14,15). The first-order valence-corrected chi connectivity index (χ1v) is 14.3. The normalized spacial score (nSPS) is 11.7. The predicted octanol–water partition coefficient (Wildman–Crippen LogP) is 9.41. The van der Waals surface area contributed by atoms with E-state index in [1.165, 1.54) is 89.0 Å². The average molecular weight is 491 g/mol. The van der Waals surface area contributed by atoms with E-state index < -0.39 is 17.9 Å². The van der Waals surface area contributed by atoms with Gasteiger partial charge in [0.05, 0.1) is 5.92 Å². The molecule has 0 aliphatic heterocycles. The minimum atomic E-state index is -0.772. The first-order valence-electron chi connectivity index (χ1n) is 14.3. The zero-order valence-electron chi connectivity index (χ0n) is 23.2. The lowest BCUT2D eigenvalue weighted by molar-refractivity contribution is -0.138. The summed E-state index contributed by atoms with van der Waals surface area (Å²) in [6.45, 7) is 8.33. The summed E-state index contributed by atoms with van der Waals surface area (Å²) in [4.78, 5) is 21.1. The molecule has 2 N–H and O–H groups in total. The monoisotopic (exact) mass is 490 g/mol. The van der Waals surface area contributed by atoms with E-state index in [1.54, 1.807) is 6.92 Å². The van der Waals surface area contributed by atoms with Crippen molar-refractivity contribution < 1.29 is 19.8 Å². The zero-order chi connectivity index (χ0) is 26.3. The summed E-state index contributed by atoms with van der Waals surface area (Å²) in [7, 11) is 0. The molecule has 0 aliphatic rings. The lowest BCUT2D eigenvalue weighted by Gasteiger charge is -2.09. The maximum atomic E-state index is 10.8. The van der Waals surface area contributed by atoms with Crippen LogP contribution in [0.25, 0.3) is 0 Å². The van der Waals surface area contributed by atoms with Crippen LogP contribution in [-0.4, -0.2) is 22.2 Å². The highest BCUT2D eigenvalue weighted by Gasteiger charge is 2.12. The van der Waals surface area contributed by atoms with Gasteiger partial charge in [-0.1, -0.05) is 135 Å². The molecule has 1 aromatic rings. The maximum Gasteiger partial charge on any atom is 0.310 e. The molecule has 4 nitrogen and oxygen atoms in total. The Morgan fingerprint density at radius 2 is 1.06 bits per heavy atom. The minimum absolute atomic E-state index is 0.345. The lowest BCUT2D eigenvalue weighted by atomic mass is 9.97. The third kappa shape index (κ3) is 21.2. The van der Waals surface area contributed by atoms with E-state index in [9.17, 15) is 9.59 Å². The van der Waals surface area contributed by atoms with Crippen LogP contribution in [0.15, 0.2) is 24.3 Å². The summed E-state index contributed by atoms with van der Waals surface area (Å²) >= 11 is 0. The molecule has 1 aromatic carbocycles. The molecule has 0 fully saturated rings. The molecule has 0 aliphatic carbocycles. The summed E-state index contributed by atoms with van der Waals surface area (Å²) in [5.41, 5.74) is 2.14. The zero-order valence-corrected chi connectivity index (χ0v) is 23.2. The molecule has 0 radical (unpaired) electrons. The van der Waals surface area contributed by atoms with Gasteiger partial charge in [-0.25, -0.2) is 0 Å². The van der Waals surface area contributed by atoms with Crippen molar-refractivity contribution >= 4 is 11.9 Å². The van der Waals surface area contributed by atoms with E-state index in [1.807, 2.05) is 24.3 Å². The molecule has 0 spiro atoms. The van der Waals surface area contributed by atoms with Crippen molar-refractivity contribution in [2.75, 3.05) is 0 Å². The molecule has 1 rings (SSSR count). The molecule has 0 amide bonds. The van der Waals surface area contributed by atoms with Gasteiger partial charge in [0.1, 0.15) is 0 Å². The van der Waals surface area contributed by atoms with Gasteiger partial charge in [-0.15, -0.1) is 0 Å². The van der Waals surface area contributed by atoms with E-state index in [4.69, 9.17) is 10.2 Å². The lowest BCUT2D eigenvalue weighted by Crippen LogP contribution is -2.07. The molecule has 1 atom stereocenters. The number of aliphatic carboxylic acids is 2. The molecular formula is C31H54O4. The highest BCUT2D eigenvalue weighted by molar-refractivity contribution is 5.75. The van der Waals surface area contributed by atoms with E-state index in [0.717, 1.165) is 24.8 Å². The Morgan fingerprint density at radius 3 is 1.40 bits per heavy atom. The van der Waals surface area contributed by atoms with Crippen LogP contribution < -0.4 is 0 Å². The number of carboxylic acids is 2. The quantitative estimate of drug-likeness (QED) is 0.178. The molecule has 0 heterocycles. The van der Waals surface area contributed by atoms with Gasteiger partial charge in [0, 0.05) is 6.42 Å². The second-order valence-electron chi connectivity index (χ2n) is 10.5. The fraction of sp³-hybridized carbons (Fsp3) is 0.742. The molecule has 0 aromatic heterocycles.